The second-order valence-electron chi connectivity index (χ2n) is 4.15. The second-order valence-corrected chi connectivity index (χ2v) is 5.13. The highest BCUT2D eigenvalue weighted by Crippen LogP contribution is 2.56. The maximum atomic E-state index is 9.20. The van der Waals surface area contributed by atoms with Gasteiger partial charge in [-0.3, -0.25) is 0 Å². The number of thiophene rings is 1. The summed E-state index contributed by atoms with van der Waals surface area (Å²) in [5.41, 5.74) is -0.103. The van der Waals surface area contributed by atoms with Crippen molar-refractivity contribution in [1.29, 1.82) is 5.26 Å². The van der Waals surface area contributed by atoms with Gasteiger partial charge >= 0.3 is 0 Å². The Kier molecular flexibility index (Phi) is 2.34. The van der Waals surface area contributed by atoms with E-state index in [0.29, 0.717) is 0 Å². The van der Waals surface area contributed by atoms with E-state index in [0.717, 1.165) is 12.8 Å². The van der Waals surface area contributed by atoms with Gasteiger partial charge in [-0.2, -0.15) is 5.26 Å². The molecule has 0 radical (unpaired) electrons. The molecule has 3 heteroatoms. The summed E-state index contributed by atoms with van der Waals surface area (Å²) in [7, 11) is 4.11. The van der Waals surface area contributed by atoms with E-state index in [-0.39, 0.29) is 11.5 Å². The van der Waals surface area contributed by atoms with E-state index in [4.69, 9.17) is 0 Å². The van der Waals surface area contributed by atoms with Gasteiger partial charge in [-0.15, -0.1) is 11.3 Å². The zero-order valence-electron chi connectivity index (χ0n) is 8.53. The Morgan fingerprint density at radius 2 is 2.29 bits per heavy atom. The van der Waals surface area contributed by atoms with Gasteiger partial charge in [-0.05, 0) is 38.4 Å². The molecule has 0 saturated heterocycles. The molecule has 1 unspecified atom stereocenters. The predicted octanol–water partition coefficient (Wildman–Crippen LogP) is 2.65. The van der Waals surface area contributed by atoms with E-state index >= 15 is 0 Å². The van der Waals surface area contributed by atoms with Crippen molar-refractivity contribution in [2.45, 2.75) is 18.9 Å². The minimum absolute atomic E-state index is 0.103. The fraction of sp³-hybridized carbons (Fsp3) is 0.545. The van der Waals surface area contributed by atoms with E-state index in [1.807, 2.05) is 0 Å². The number of nitriles is 1. The molecule has 1 fully saturated rings. The lowest BCUT2D eigenvalue weighted by Gasteiger charge is -2.27. The molecule has 0 spiro atoms. The summed E-state index contributed by atoms with van der Waals surface area (Å²) in [6, 6.07) is 6.96. The van der Waals surface area contributed by atoms with Gasteiger partial charge in [-0.25, -0.2) is 0 Å². The van der Waals surface area contributed by atoms with Crippen molar-refractivity contribution in [1.82, 2.24) is 4.90 Å². The zero-order chi connectivity index (χ0) is 10.2. The summed E-state index contributed by atoms with van der Waals surface area (Å²) < 4.78 is 0. The van der Waals surface area contributed by atoms with Crippen molar-refractivity contribution in [3.63, 3.8) is 0 Å². The molecular weight excluding hydrogens is 192 g/mol. The first-order valence-corrected chi connectivity index (χ1v) is 5.69. The number of rotatable bonds is 3. The van der Waals surface area contributed by atoms with Crippen molar-refractivity contribution in [2.75, 3.05) is 14.1 Å². The van der Waals surface area contributed by atoms with Crippen molar-refractivity contribution >= 4 is 11.3 Å². The number of nitrogens with zero attached hydrogens (tertiary/aromatic N) is 2. The summed E-state index contributed by atoms with van der Waals surface area (Å²) in [6.45, 7) is 0. The van der Waals surface area contributed by atoms with Gasteiger partial charge in [0.1, 0.15) is 0 Å². The van der Waals surface area contributed by atoms with Gasteiger partial charge < -0.3 is 4.90 Å². The highest BCUT2D eigenvalue weighted by Gasteiger charge is 2.52. The third-order valence-electron chi connectivity index (χ3n) is 2.86. The predicted molar refractivity (Wildman–Crippen MR) is 58.0 cm³/mol. The SMILES string of the molecule is CN(C)C(c1cccs1)C1(C#N)CC1. The van der Waals surface area contributed by atoms with E-state index in [1.165, 1.54) is 4.88 Å². The summed E-state index contributed by atoms with van der Waals surface area (Å²) >= 11 is 1.75. The molecule has 0 amide bonds. The van der Waals surface area contributed by atoms with Crippen LogP contribution in [0.5, 0.6) is 0 Å². The van der Waals surface area contributed by atoms with Crippen molar-refractivity contribution in [3.8, 4) is 6.07 Å². The Hall–Kier alpha value is -0.850. The fourth-order valence-corrected chi connectivity index (χ4v) is 3.09. The Labute approximate surface area is 88.8 Å². The van der Waals surface area contributed by atoms with Crippen LogP contribution in [0.3, 0.4) is 0 Å². The summed E-state index contributed by atoms with van der Waals surface area (Å²) in [5.74, 6) is 0. The zero-order valence-corrected chi connectivity index (χ0v) is 9.34. The molecule has 2 rings (SSSR count). The molecule has 2 nitrogen and oxygen atoms in total. The maximum Gasteiger partial charge on any atom is 0.0779 e. The average molecular weight is 206 g/mol. The van der Waals surface area contributed by atoms with Crippen LogP contribution in [0.15, 0.2) is 17.5 Å². The smallest absolute Gasteiger partial charge is 0.0779 e. The molecule has 0 aliphatic heterocycles. The van der Waals surface area contributed by atoms with Crippen LogP contribution in [0, 0.1) is 16.7 Å². The van der Waals surface area contributed by atoms with Crippen LogP contribution in [0.25, 0.3) is 0 Å². The van der Waals surface area contributed by atoms with Gasteiger partial charge in [-0.1, -0.05) is 6.07 Å². The number of hydrogen-bond acceptors (Lipinski definition) is 3. The van der Waals surface area contributed by atoms with Crippen molar-refractivity contribution < 1.29 is 0 Å². The Bertz CT molecular complexity index is 344. The van der Waals surface area contributed by atoms with Gasteiger partial charge in [0, 0.05) is 4.88 Å². The largest absolute Gasteiger partial charge is 0.300 e. The van der Waals surface area contributed by atoms with E-state index in [2.05, 4.69) is 42.6 Å². The van der Waals surface area contributed by atoms with E-state index in [1.54, 1.807) is 11.3 Å². The first kappa shape index (κ1) is 9.70. The van der Waals surface area contributed by atoms with Crippen LogP contribution in [-0.4, -0.2) is 19.0 Å². The standard InChI is InChI=1S/C11H14N2S/c1-13(2)10(9-4-3-7-14-9)11(8-12)5-6-11/h3-4,7,10H,5-6H2,1-2H3. The molecule has 1 aliphatic rings. The highest BCUT2D eigenvalue weighted by atomic mass is 32.1. The van der Waals surface area contributed by atoms with Crippen molar-refractivity contribution in [3.05, 3.63) is 22.4 Å². The Balaban J connectivity index is 2.31. The Morgan fingerprint density at radius 3 is 2.64 bits per heavy atom. The molecule has 1 heterocycles. The molecule has 1 atom stereocenters. The number of hydrogen-bond donors (Lipinski definition) is 0. The normalized spacial score (nSPS) is 20.4. The molecule has 1 aliphatic carbocycles. The molecule has 1 saturated carbocycles. The van der Waals surface area contributed by atoms with Crippen LogP contribution < -0.4 is 0 Å². The maximum absolute atomic E-state index is 9.20. The average Bonchev–Trinajstić information content (AvgIpc) is 2.73. The molecule has 1 aromatic heterocycles. The lowest BCUT2D eigenvalue weighted by Crippen LogP contribution is -2.27. The lowest BCUT2D eigenvalue weighted by molar-refractivity contribution is 0.236. The summed E-state index contributed by atoms with van der Waals surface area (Å²) in [4.78, 5) is 3.48. The summed E-state index contributed by atoms with van der Waals surface area (Å²) in [5, 5.41) is 11.3. The van der Waals surface area contributed by atoms with Gasteiger partial charge in [0.25, 0.3) is 0 Å². The third kappa shape index (κ3) is 1.45. The Morgan fingerprint density at radius 1 is 1.57 bits per heavy atom. The second kappa shape index (κ2) is 3.38. The molecule has 0 bridgehead atoms. The molecule has 74 valence electrons. The first-order chi connectivity index (χ1) is 6.69. The van der Waals surface area contributed by atoms with E-state index in [9.17, 15) is 5.26 Å². The van der Waals surface area contributed by atoms with Gasteiger partial charge in [0.2, 0.25) is 0 Å². The molecular formula is C11H14N2S. The van der Waals surface area contributed by atoms with E-state index < -0.39 is 0 Å². The quantitative estimate of drug-likeness (QED) is 0.760. The molecule has 0 aromatic carbocycles. The van der Waals surface area contributed by atoms with Crippen LogP contribution in [0.1, 0.15) is 23.8 Å². The fourth-order valence-electron chi connectivity index (χ4n) is 2.05. The van der Waals surface area contributed by atoms with Gasteiger partial charge in [0.05, 0.1) is 17.5 Å². The highest BCUT2D eigenvalue weighted by molar-refractivity contribution is 7.10. The molecule has 14 heavy (non-hydrogen) atoms. The minimum atomic E-state index is -0.103. The molecule has 0 N–H and O–H groups in total. The van der Waals surface area contributed by atoms with Crippen LogP contribution in [0.2, 0.25) is 0 Å². The first-order valence-electron chi connectivity index (χ1n) is 4.81. The minimum Gasteiger partial charge on any atom is -0.300 e. The molecule has 1 aromatic rings. The third-order valence-corrected chi connectivity index (χ3v) is 3.79. The lowest BCUT2D eigenvalue weighted by atomic mass is 9.96. The van der Waals surface area contributed by atoms with Crippen LogP contribution in [0.4, 0.5) is 0 Å². The van der Waals surface area contributed by atoms with Crippen LogP contribution >= 0.6 is 11.3 Å². The van der Waals surface area contributed by atoms with Crippen molar-refractivity contribution in [2.24, 2.45) is 5.41 Å². The van der Waals surface area contributed by atoms with Crippen LogP contribution in [-0.2, 0) is 0 Å². The topological polar surface area (TPSA) is 27.0 Å². The summed E-state index contributed by atoms with van der Waals surface area (Å²) in [6.07, 6.45) is 2.09. The van der Waals surface area contributed by atoms with Gasteiger partial charge in [0.15, 0.2) is 0 Å². The monoisotopic (exact) mass is 206 g/mol.